The van der Waals surface area contributed by atoms with Gasteiger partial charge in [-0.3, -0.25) is 9.38 Å². The molecule has 0 unspecified atom stereocenters. The molecule has 1 aliphatic carbocycles. The largest absolute Gasteiger partial charge is 0.383 e. The summed E-state index contributed by atoms with van der Waals surface area (Å²) in [5.74, 6) is 1.15. The molecule has 4 aromatic rings. The molecule has 33 heavy (non-hydrogen) atoms. The van der Waals surface area contributed by atoms with E-state index in [1.165, 1.54) is 5.56 Å². The van der Waals surface area contributed by atoms with Crippen LogP contribution < -0.4 is 16.4 Å². The van der Waals surface area contributed by atoms with E-state index in [2.05, 4.69) is 20.9 Å². The Hall–Kier alpha value is -2.87. The average molecular weight is 480 g/mol. The second-order valence-electron chi connectivity index (χ2n) is 8.94. The van der Waals surface area contributed by atoms with E-state index in [4.69, 9.17) is 39.7 Å². The first-order chi connectivity index (χ1) is 16.0. The van der Waals surface area contributed by atoms with Gasteiger partial charge in [0, 0.05) is 49.0 Å². The summed E-state index contributed by atoms with van der Waals surface area (Å²) in [6.07, 6.45) is 8.37. The summed E-state index contributed by atoms with van der Waals surface area (Å²) in [5, 5.41) is 0.903. The minimum Gasteiger partial charge on any atom is -0.383 e. The first kappa shape index (κ1) is 20.7. The van der Waals surface area contributed by atoms with Gasteiger partial charge in [0.15, 0.2) is 5.65 Å². The van der Waals surface area contributed by atoms with E-state index in [1.54, 1.807) is 12.3 Å². The molecule has 4 N–H and O–H groups in total. The zero-order chi connectivity index (χ0) is 22.7. The number of fused-ring (bicyclic) bond motifs is 2. The lowest BCUT2D eigenvalue weighted by atomic mass is 9.73. The quantitative estimate of drug-likeness (QED) is 0.438. The summed E-state index contributed by atoms with van der Waals surface area (Å²) >= 11 is 12.8. The normalized spacial score (nSPS) is 19.4. The number of imidazole rings is 1. The lowest BCUT2D eigenvalue weighted by Crippen LogP contribution is -2.45. The summed E-state index contributed by atoms with van der Waals surface area (Å²) in [5.41, 5.74) is 17.7. The maximum atomic E-state index is 6.72. The van der Waals surface area contributed by atoms with Gasteiger partial charge in [0.1, 0.15) is 5.82 Å². The molecule has 1 spiro atoms. The summed E-state index contributed by atoms with van der Waals surface area (Å²) in [7, 11) is 0. The van der Waals surface area contributed by atoms with Crippen LogP contribution in [0.3, 0.4) is 0 Å². The van der Waals surface area contributed by atoms with E-state index in [1.807, 2.05) is 35.0 Å². The van der Waals surface area contributed by atoms with Crippen molar-refractivity contribution in [2.45, 2.75) is 25.3 Å². The number of nitrogen functional groups attached to an aromatic ring is 1. The van der Waals surface area contributed by atoms with Gasteiger partial charge in [0.25, 0.3) is 0 Å². The van der Waals surface area contributed by atoms with Gasteiger partial charge in [-0.15, -0.1) is 0 Å². The van der Waals surface area contributed by atoms with E-state index in [0.717, 1.165) is 49.6 Å². The van der Waals surface area contributed by atoms with Crippen molar-refractivity contribution in [3.8, 4) is 11.1 Å². The Morgan fingerprint density at radius 2 is 1.85 bits per heavy atom. The third kappa shape index (κ3) is 3.10. The molecular formula is C24H23Cl2N7. The van der Waals surface area contributed by atoms with Crippen LogP contribution in [0, 0.1) is 5.41 Å². The molecule has 0 bridgehead atoms. The topological polar surface area (TPSA) is 98.4 Å². The van der Waals surface area contributed by atoms with E-state index in [9.17, 15) is 0 Å². The number of nitrogens with zero attached hydrogens (tertiary/aromatic N) is 5. The van der Waals surface area contributed by atoms with Gasteiger partial charge in [0.05, 0.1) is 15.6 Å². The number of halogens is 2. The fourth-order valence-corrected chi connectivity index (χ4v) is 5.85. The molecule has 0 saturated carbocycles. The van der Waals surface area contributed by atoms with Crippen LogP contribution in [-0.2, 0) is 6.42 Å². The molecule has 1 fully saturated rings. The van der Waals surface area contributed by atoms with E-state index < -0.39 is 0 Å². The molecule has 7 nitrogen and oxygen atoms in total. The SMILES string of the molecule is Nc1nc(N2CCC3(CC2)Cc2ncccc2[C@H]3N)n2ccnc2c1-c1cccc(Cl)c1Cl. The van der Waals surface area contributed by atoms with Gasteiger partial charge in [-0.05, 0) is 42.4 Å². The number of aromatic nitrogens is 4. The predicted molar refractivity (Wildman–Crippen MR) is 132 cm³/mol. The molecule has 0 amide bonds. The van der Waals surface area contributed by atoms with Crippen molar-refractivity contribution in [1.82, 2.24) is 19.4 Å². The number of rotatable bonds is 2. The molecule has 3 aromatic heterocycles. The number of hydrogen-bond acceptors (Lipinski definition) is 6. The third-order valence-electron chi connectivity index (χ3n) is 7.26. The van der Waals surface area contributed by atoms with Crippen molar-refractivity contribution in [2.75, 3.05) is 23.7 Å². The Kier molecular flexibility index (Phi) is 4.76. The first-order valence-electron chi connectivity index (χ1n) is 11.0. The lowest BCUT2D eigenvalue weighted by molar-refractivity contribution is 0.186. The Balaban J connectivity index is 1.34. The van der Waals surface area contributed by atoms with Gasteiger partial charge in [-0.25, -0.2) is 4.98 Å². The maximum absolute atomic E-state index is 6.72. The Bertz CT molecular complexity index is 1370. The van der Waals surface area contributed by atoms with Crippen molar-refractivity contribution < 1.29 is 0 Å². The molecule has 0 radical (unpaired) electrons. The molecule has 1 atom stereocenters. The first-order valence-corrected chi connectivity index (χ1v) is 11.8. The molecule has 6 rings (SSSR count). The minimum absolute atomic E-state index is 0.0157. The van der Waals surface area contributed by atoms with Crippen LogP contribution in [-0.4, -0.2) is 32.4 Å². The van der Waals surface area contributed by atoms with Crippen LogP contribution >= 0.6 is 23.2 Å². The lowest BCUT2D eigenvalue weighted by Gasteiger charge is -2.42. The van der Waals surface area contributed by atoms with E-state index in [0.29, 0.717) is 27.1 Å². The molecule has 1 saturated heterocycles. The molecule has 1 aliphatic heterocycles. The number of anilines is 2. The van der Waals surface area contributed by atoms with Gasteiger partial charge in [0.2, 0.25) is 5.95 Å². The number of piperidine rings is 1. The predicted octanol–water partition coefficient (Wildman–Crippen LogP) is 4.52. The Morgan fingerprint density at radius 3 is 2.64 bits per heavy atom. The number of nitrogens with two attached hydrogens (primary N) is 2. The Labute approximate surface area is 201 Å². The minimum atomic E-state index is 0.0157. The van der Waals surface area contributed by atoms with Crippen LogP contribution in [0.15, 0.2) is 48.9 Å². The second kappa shape index (κ2) is 7.58. The van der Waals surface area contributed by atoms with Gasteiger partial charge < -0.3 is 16.4 Å². The van der Waals surface area contributed by atoms with Gasteiger partial charge in [-0.1, -0.05) is 41.4 Å². The third-order valence-corrected chi connectivity index (χ3v) is 8.08. The molecule has 1 aromatic carbocycles. The molecule has 9 heteroatoms. The number of pyridine rings is 1. The molecule has 2 aliphatic rings. The van der Waals surface area contributed by atoms with Crippen molar-refractivity contribution in [3.05, 3.63) is 70.2 Å². The zero-order valence-corrected chi connectivity index (χ0v) is 19.4. The fraction of sp³-hybridized carbons (Fsp3) is 0.292. The summed E-state index contributed by atoms with van der Waals surface area (Å²) in [4.78, 5) is 16.2. The van der Waals surface area contributed by atoms with Crippen molar-refractivity contribution >= 4 is 40.6 Å². The summed E-state index contributed by atoms with van der Waals surface area (Å²) in [6.45, 7) is 1.66. The van der Waals surface area contributed by atoms with Crippen LogP contribution in [0.25, 0.3) is 16.8 Å². The van der Waals surface area contributed by atoms with Crippen molar-refractivity contribution in [1.29, 1.82) is 0 Å². The zero-order valence-electron chi connectivity index (χ0n) is 17.9. The highest BCUT2D eigenvalue weighted by Gasteiger charge is 2.46. The van der Waals surface area contributed by atoms with Crippen molar-refractivity contribution in [3.63, 3.8) is 0 Å². The molecule has 4 heterocycles. The summed E-state index contributed by atoms with van der Waals surface area (Å²) in [6, 6.07) is 9.58. The van der Waals surface area contributed by atoms with Gasteiger partial charge in [-0.2, -0.15) is 4.98 Å². The van der Waals surface area contributed by atoms with Crippen molar-refractivity contribution in [2.24, 2.45) is 11.1 Å². The second-order valence-corrected chi connectivity index (χ2v) is 9.72. The van der Waals surface area contributed by atoms with Crippen LogP contribution in [0.2, 0.25) is 10.0 Å². The maximum Gasteiger partial charge on any atom is 0.213 e. The highest BCUT2D eigenvalue weighted by atomic mass is 35.5. The van der Waals surface area contributed by atoms with Gasteiger partial charge >= 0.3 is 0 Å². The standard InChI is InChI=1S/C24H23Cl2N7/c25-16-5-1-3-15(19(16)26)18-21(28)31-23(33-12-9-30-22(18)33)32-10-6-24(7-11-32)13-17-14(20(24)27)4-2-8-29-17/h1-5,8-9,12,20H,6-7,10-11,13,27-28H2/t20-/m1/s1. The average Bonchev–Trinajstić information content (AvgIpc) is 3.40. The highest BCUT2D eigenvalue weighted by molar-refractivity contribution is 6.44. The van der Waals surface area contributed by atoms with Crippen LogP contribution in [0.4, 0.5) is 11.8 Å². The monoisotopic (exact) mass is 479 g/mol. The Morgan fingerprint density at radius 1 is 1.03 bits per heavy atom. The van der Waals surface area contributed by atoms with Crippen LogP contribution in [0.5, 0.6) is 0 Å². The van der Waals surface area contributed by atoms with Crippen LogP contribution in [0.1, 0.15) is 30.1 Å². The highest BCUT2D eigenvalue weighted by Crippen LogP contribution is 2.50. The van der Waals surface area contributed by atoms with E-state index in [-0.39, 0.29) is 11.5 Å². The summed E-state index contributed by atoms with van der Waals surface area (Å²) < 4.78 is 1.98. The fourth-order valence-electron chi connectivity index (χ4n) is 5.45. The number of benzene rings is 1. The smallest absolute Gasteiger partial charge is 0.213 e. The molecular weight excluding hydrogens is 457 g/mol. The van der Waals surface area contributed by atoms with E-state index >= 15 is 0 Å². The molecule has 168 valence electrons. The number of hydrogen-bond donors (Lipinski definition) is 2.